The molecule has 0 spiro atoms. The summed E-state index contributed by atoms with van der Waals surface area (Å²) in [6, 6.07) is 5.42. The fourth-order valence-corrected chi connectivity index (χ4v) is 3.00. The molecule has 0 bridgehead atoms. The molecule has 5 heteroatoms. The fraction of sp³-hybridized carbons (Fsp3) is 0.562. The first-order valence-electron chi connectivity index (χ1n) is 7.28. The number of likely N-dealkylation sites (tertiary alicyclic amines) is 1. The smallest absolute Gasteiger partial charge is 0.223 e. The van der Waals surface area contributed by atoms with Gasteiger partial charge in [-0.2, -0.15) is 0 Å². The number of amides is 1. The van der Waals surface area contributed by atoms with E-state index in [4.69, 9.17) is 15.2 Å². The van der Waals surface area contributed by atoms with Crippen LogP contribution >= 0.6 is 0 Å². The lowest BCUT2D eigenvalue weighted by Gasteiger charge is -2.42. The number of methoxy groups -OCH3 is 2. The summed E-state index contributed by atoms with van der Waals surface area (Å²) in [5.74, 6) is 1.61. The monoisotopic (exact) mass is 292 g/mol. The molecule has 1 fully saturated rings. The van der Waals surface area contributed by atoms with Crippen molar-refractivity contribution in [1.29, 1.82) is 0 Å². The van der Waals surface area contributed by atoms with Gasteiger partial charge in [-0.1, -0.05) is 0 Å². The van der Waals surface area contributed by atoms with Crippen LogP contribution in [-0.4, -0.2) is 37.1 Å². The van der Waals surface area contributed by atoms with Gasteiger partial charge in [-0.3, -0.25) is 4.79 Å². The number of piperidine rings is 1. The molecule has 21 heavy (non-hydrogen) atoms. The van der Waals surface area contributed by atoms with Gasteiger partial charge < -0.3 is 20.1 Å². The number of ether oxygens (including phenoxy) is 2. The molecule has 1 heterocycles. The summed E-state index contributed by atoms with van der Waals surface area (Å²) in [6.45, 7) is 4.02. The van der Waals surface area contributed by atoms with Crippen LogP contribution in [0, 0.1) is 0 Å². The standard InChI is InChI=1S/C16H24N2O3/c1-10(2)18-15(19)8-6-13(17)16(18)12-9-11(20-3)5-7-14(12)21-4/h5,7,9-10,13,16H,6,8,17H2,1-4H3. The van der Waals surface area contributed by atoms with Gasteiger partial charge in [0.2, 0.25) is 5.91 Å². The Bertz CT molecular complexity index is 516. The minimum Gasteiger partial charge on any atom is -0.497 e. The predicted octanol–water partition coefficient (Wildman–Crippen LogP) is 2.10. The van der Waals surface area contributed by atoms with Crippen LogP contribution in [0.1, 0.15) is 38.3 Å². The molecule has 1 aliphatic rings. The third-order valence-corrected chi connectivity index (χ3v) is 4.00. The van der Waals surface area contributed by atoms with Gasteiger partial charge in [-0.05, 0) is 38.5 Å². The van der Waals surface area contributed by atoms with Gasteiger partial charge in [0, 0.05) is 24.1 Å². The van der Waals surface area contributed by atoms with Crippen molar-refractivity contribution in [3.8, 4) is 11.5 Å². The van der Waals surface area contributed by atoms with Crippen LogP contribution in [0.2, 0.25) is 0 Å². The van der Waals surface area contributed by atoms with Crippen LogP contribution in [0.3, 0.4) is 0 Å². The predicted molar refractivity (Wildman–Crippen MR) is 81.5 cm³/mol. The zero-order chi connectivity index (χ0) is 15.6. The average molecular weight is 292 g/mol. The highest BCUT2D eigenvalue weighted by Gasteiger charge is 2.38. The average Bonchev–Trinajstić information content (AvgIpc) is 2.48. The molecular formula is C16H24N2O3. The van der Waals surface area contributed by atoms with Crippen molar-refractivity contribution in [1.82, 2.24) is 4.90 Å². The van der Waals surface area contributed by atoms with Gasteiger partial charge in [0.1, 0.15) is 11.5 Å². The third kappa shape index (κ3) is 2.97. The Labute approximate surface area is 126 Å². The van der Waals surface area contributed by atoms with Crippen molar-refractivity contribution in [2.45, 2.75) is 44.8 Å². The van der Waals surface area contributed by atoms with Crippen LogP contribution in [0.15, 0.2) is 18.2 Å². The first-order valence-corrected chi connectivity index (χ1v) is 7.28. The molecule has 1 aromatic rings. The molecule has 1 saturated heterocycles. The van der Waals surface area contributed by atoms with Crippen LogP contribution in [-0.2, 0) is 4.79 Å². The summed E-state index contributed by atoms with van der Waals surface area (Å²) in [6.07, 6.45) is 1.19. The fourth-order valence-electron chi connectivity index (χ4n) is 3.00. The van der Waals surface area contributed by atoms with E-state index < -0.39 is 0 Å². The van der Waals surface area contributed by atoms with Crippen molar-refractivity contribution in [2.24, 2.45) is 5.73 Å². The van der Waals surface area contributed by atoms with E-state index in [0.29, 0.717) is 12.8 Å². The first kappa shape index (κ1) is 15.6. The lowest BCUT2D eigenvalue weighted by molar-refractivity contribution is -0.139. The molecule has 2 atom stereocenters. The van der Waals surface area contributed by atoms with E-state index in [9.17, 15) is 4.79 Å². The summed E-state index contributed by atoms with van der Waals surface area (Å²) < 4.78 is 10.8. The summed E-state index contributed by atoms with van der Waals surface area (Å²) in [7, 11) is 3.25. The van der Waals surface area contributed by atoms with E-state index in [0.717, 1.165) is 17.1 Å². The van der Waals surface area contributed by atoms with E-state index in [1.54, 1.807) is 14.2 Å². The second kappa shape index (κ2) is 6.35. The Kier molecular flexibility index (Phi) is 4.73. The summed E-state index contributed by atoms with van der Waals surface area (Å²) in [4.78, 5) is 14.2. The number of benzene rings is 1. The van der Waals surface area contributed by atoms with E-state index in [1.807, 2.05) is 36.9 Å². The normalized spacial score (nSPS) is 22.6. The number of nitrogens with two attached hydrogens (primary N) is 1. The van der Waals surface area contributed by atoms with Gasteiger partial charge in [0.25, 0.3) is 0 Å². The second-order valence-electron chi connectivity index (χ2n) is 5.65. The van der Waals surface area contributed by atoms with Gasteiger partial charge in [-0.15, -0.1) is 0 Å². The highest BCUT2D eigenvalue weighted by molar-refractivity contribution is 5.78. The highest BCUT2D eigenvalue weighted by atomic mass is 16.5. The minimum absolute atomic E-state index is 0.0877. The van der Waals surface area contributed by atoms with Crippen molar-refractivity contribution in [2.75, 3.05) is 14.2 Å². The molecule has 1 amide bonds. The van der Waals surface area contributed by atoms with Gasteiger partial charge in [0.15, 0.2) is 0 Å². The molecular weight excluding hydrogens is 268 g/mol. The topological polar surface area (TPSA) is 64.8 Å². The summed E-state index contributed by atoms with van der Waals surface area (Å²) >= 11 is 0. The number of rotatable bonds is 4. The second-order valence-corrected chi connectivity index (χ2v) is 5.65. The number of hydrogen-bond acceptors (Lipinski definition) is 4. The molecule has 1 aliphatic heterocycles. The van der Waals surface area contributed by atoms with Crippen molar-refractivity contribution < 1.29 is 14.3 Å². The molecule has 2 unspecified atom stereocenters. The largest absolute Gasteiger partial charge is 0.497 e. The van der Waals surface area contributed by atoms with Gasteiger partial charge in [0.05, 0.1) is 20.3 Å². The van der Waals surface area contributed by atoms with Crippen LogP contribution < -0.4 is 15.2 Å². The number of hydrogen-bond donors (Lipinski definition) is 1. The van der Waals surface area contributed by atoms with Crippen molar-refractivity contribution in [3.05, 3.63) is 23.8 Å². The van der Waals surface area contributed by atoms with Crippen molar-refractivity contribution >= 4 is 5.91 Å². The molecule has 116 valence electrons. The van der Waals surface area contributed by atoms with Crippen LogP contribution in [0.4, 0.5) is 0 Å². The van der Waals surface area contributed by atoms with Crippen molar-refractivity contribution in [3.63, 3.8) is 0 Å². The van der Waals surface area contributed by atoms with Gasteiger partial charge >= 0.3 is 0 Å². The summed E-state index contributed by atoms with van der Waals surface area (Å²) in [5, 5.41) is 0. The Morgan fingerprint density at radius 3 is 2.57 bits per heavy atom. The maximum atomic E-state index is 12.3. The molecule has 0 aromatic heterocycles. The first-order chi connectivity index (χ1) is 9.99. The van der Waals surface area contributed by atoms with E-state index in [2.05, 4.69) is 0 Å². The number of carbonyl (C=O) groups excluding carboxylic acids is 1. The molecule has 2 rings (SSSR count). The maximum absolute atomic E-state index is 12.3. The van der Waals surface area contributed by atoms with Crippen LogP contribution in [0.5, 0.6) is 11.5 Å². The summed E-state index contributed by atoms with van der Waals surface area (Å²) in [5.41, 5.74) is 7.23. The molecule has 5 nitrogen and oxygen atoms in total. The lowest BCUT2D eigenvalue weighted by atomic mass is 9.88. The lowest BCUT2D eigenvalue weighted by Crippen LogP contribution is -2.51. The molecule has 1 aromatic carbocycles. The molecule has 0 radical (unpaired) electrons. The van der Waals surface area contributed by atoms with Crippen LogP contribution in [0.25, 0.3) is 0 Å². The quantitative estimate of drug-likeness (QED) is 0.923. The van der Waals surface area contributed by atoms with E-state index in [1.165, 1.54) is 0 Å². The Balaban J connectivity index is 2.51. The van der Waals surface area contributed by atoms with E-state index >= 15 is 0 Å². The Morgan fingerprint density at radius 1 is 1.29 bits per heavy atom. The maximum Gasteiger partial charge on any atom is 0.223 e. The number of nitrogens with zero attached hydrogens (tertiary/aromatic N) is 1. The Hall–Kier alpha value is -1.75. The zero-order valence-corrected chi connectivity index (χ0v) is 13.1. The third-order valence-electron chi connectivity index (χ3n) is 4.00. The molecule has 2 N–H and O–H groups in total. The highest BCUT2D eigenvalue weighted by Crippen LogP contribution is 2.38. The molecule has 0 aliphatic carbocycles. The van der Waals surface area contributed by atoms with E-state index in [-0.39, 0.29) is 24.0 Å². The molecule has 0 saturated carbocycles. The number of carbonyl (C=O) groups is 1. The van der Waals surface area contributed by atoms with Gasteiger partial charge in [-0.25, -0.2) is 0 Å². The zero-order valence-electron chi connectivity index (χ0n) is 13.1. The SMILES string of the molecule is COc1ccc(OC)c(C2C(N)CCC(=O)N2C(C)C)c1. The minimum atomic E-state index is -0.184. The Morgan fingerprint density at radius 2 is 2.00 bits per heavy atom.